The van der Waals surface area contributed by atoms with Gasteiger partial charge in [-0.05, 0) is 62.4 Å². The van der Waals surface area contributed by atoms with Crippen LogP contribution in [0.3, 0.4) is 0 Å². The monoisotopic (exact) mass is 401 g/mol. The molecule has 2 aliphatic heterocycles. The quantitative estimate of drug-likeness (QED) is 0.806. The summed E-state index contributed by atoms with van der Waals surface area (Å²) >= 11 is 0. The van der Waals surface area contributed by atoms with Crippen LogP contribution in [-0.4, -0.2) is 51.9 Å². The minimum Gasteiger partial charge on any atom is -0.339 e. The van der Waals surface area contributed by atoms with Crippen LogP contribution >= 0.6 is 12.4 Å². The molecule has 2 aliphatic rings. The lowest BCUT2D eigenvalue weighted by Crippen LogP contribution is -2.33. The molecular formula is C18H28ClN3O3S. The van der Waals surface area contributed by atoms with Gasteiger partial charge in [-0.3, -0.25) is 4.79 Å². The van der Waals surface area contributed by atoms with Crippen molar-refractivity contribution >= 4 is 28.3 Å². The molecule has 0 bridgehead atoms. The summed E-state index contributed by atoms with van der Waals surface area (Å²) in [5, 5.41) is 3.44. The number of hydrogen-bond donors (Lipinski definition) is 2. The largest absolute Gasteiger partial charge is 0.339 e. The number of aryl methyl sites for hydroxylation is 1. The van der Waals surface area contributed by atoms with E-state index in [9.17, 15) is 13.2 Å². The molecule has 1 aromatic rings. The molecule has 6 nitrogen and oxygen atoms in total. The van der Waals surface area contributed by atoms with E-state index in [1.165, 1.54) is 6.07 Å². The normalized spacial score (nSPS) is 23.1. The van der Waals surface area contributed by atoms with Crippen LogP contribution in [-0.2, 0) is 10.0 Å². The van der Waals surface area contributed by atoms with E-state index in [1.54, 1.807) is 19.1 Å². The van der Waals surface area contributed by atoms with Crippen molar-refractivity contribution < 1.29 is 13.2 Å². The Morgan fingerprint density at radius 3 is 2.42 bits per heavy atom. The number of fused-ring (bicyclic) bond motifs is 1. The van der Waals surface area contributed by atoms with Gasteiger partial charge in [0.15, 0.2) is 0 Å². The number of likely N-dealkylation sites (tertiary alicyclic amines) is 1. The van der Waals surface area contributed by atoms with Crippen LogP contribution in [0.2, 0.25) is 0 Å². The average Bonchev–Trinajstić information content (AvgIpc) is 2.93. The van der Waals surface area contributed by atoms with Gasteiger partial charge in [-0.2, -0.15) is 0 Å². The topological polar surface area (TPSA) is 78.5 Å². The van der Waals surface area contributed by atoms with E-state index in [0.29, 0.717) is 23.9 Å². The number of nitrogens with zero attached hydrogens (tertiary/aromatic N) is 1. The van der Waals surface area contributed by atoms with Gasteiger partial charge in [-0.15, -0.1) is 12.4 Å². The molecule has 0 spiro atoms. The van der Waals surface area contributed by atoms with Crippen LogP contribution in [0, 0.1) is 18.8 Å². The van der Waals surface area contributed by atoms with E-state index in [4.69, 9.17) is 0 Å². The SMILES string of the molecule is CCNS(=O)(=O)c1ccc(C)c(C(=O)N2CC[C@@H]3CNC[C@@H]3CC2)c1.Cl. The highest BCUT2D eigenvalue weighted by Gasteiger charge is 2.32. The van der Waals surface area contributed by atoms with Gasteiger partial charge in [0.05, 0.1) is 4.90 Å². The van der Waals surface area contributed by atoms with Crippen molar-refractivity contribution in [3.63, 3.8) is 0 Å². The maximum Gasteiger partial charge on any atom is 0.254 e. The molecule has 3 rings (SSSR count). The third-order valence-electron chi connectivity index (χ3n) is 5.39. The molecule has 0 saturated carbocycles. The second-order valence-electron chi connectivity index (χ2n) is 7.03. The van der Waals surface area contributed by atoms with Crippen molar-refractivity contribution in [3.05, 3.63) is 29.3 Å². The Morgan fingerprint density at radius 1 is 1.23 bits per heavy atom. The maximum absolute atomic E-state index is 13.0. The number of carbonyl (C=O) groups is 1. The molecule has 8 heteroatoms. The highest BCUT2D eigenvalue weighted by atomic mass is 35.5. The smallest absolute Gasteiger partial charge is 0.254 e. The lowest BCUT2D eigenvalue weighted by atomic mass is 9.92. The van der Waals surface area contributed by atoms with E-state index < -0.39 is 10.0 Å². The van der Waals surface area contributed by atoms with Crippen molar-refractivity contribution in [2.75, 3.05) is 32.7 Å². The summed E-state index contributed by atoms with van der Waals surface area (Å²) in [4.78, 5) is 15.1. The minimum absolute atomic E-state index is 0. The fourth-order valence-electron chi connectivity index (χ4n) is 3.86. The number of rotatable bonds is 4. The van der Waals surface area contributed by atoms with Crippen molar-refractivity contribution in [2.45, 2.75) is 31.6 Å². The highest BCUT2D eigenvalue weighted by Crippen LogP contribution is 2.28. The first-order chi connectivity index (χ1) is 11.9. The Bertz CT molecular complexity index is 740. The summed E-state index contributed by atoms with van der Waals surface area (Å²) < 4.78 is 27.0. The zero-order valence-electron chi connectivity index (χ0n) is 15.3. The van der Waals surface area contributed by atoms with Crippen LogP contribution in [0.25, 0.3) is 0 Å². The highest BCUT2D eigenvalue weighted by molar-refractivity contribution is 7.89. The third-order valence-corrected chi connectivity index (χ3v) is 6.93. The first-order valence-electron chi connectivity index (χ1n) is 9.02. The maximum atomic E-state index is 13.0. The average molecular weight is 402 g/mol. The molecule has 26 heavy (non-hydrogen) atoms. The van der Waals surface area contributed by atoms with Crippen LogP contribution in [0.1, 0.15) is 35.7 Å². The molecular weight excluding hydrogens is 374 g/mol. The van der Waals surface area contributed by atoms with Crippen LogP contribution in [0.4, 0.5) is 0 Å². The van der Waals surface area contributed by atoms with Crippen LogP contribution in [0.5, 0.6) is 0 Å². The van der Waals surface area contributed by atoms with Gasteiger partial charge in [0.2, 0.25) is 10.0 Å². The second kappa shape index (κ2) is 8.69. The molecule has 2 N–H and O–H groups in total. The van der Waals surface area contributed by atoms with Gasteiger partial charge in [0.1, 0.15) is 0 Å². The fraction of sp³-hybridized carbons (Fsp3) is 0.611. The van der Waals surface area contributed by atoms with E-state index in [1.807, 2.05) is 11.8 Å². The number of hydrogen-bond acceptors (Lipinski definition) is 4. The Morgan fingerprint density at radius 2 is 1.85 bits per heavy atom. The van der Waals surface area contributed by atoms with Crippen molar-refractivity contribution in [3.8, 4) is 0 Å². The Balaban J connectivity index is 0.00000243. The molecule has 146 valence electrons. The second-order valence-corrected chi connectivity index (χ2v) is 8.79. The molecule has 0 aliphatic carbocycles. The van der Waals surface area contributed by atoms with Crippen LogP contribution in [0.15, 0.2) is 23.1 Å². The van der Waals surface area contributed by atoms with Crippen molar-refractivity contribution in [1.29, 1.82) is 0 Å². The van der Waals surface area contributed by atoms with Gasteiger partial charge >= 0.3 is 0 Å². The first kappa shape index (κ1) is 21.2. The van der Waals surface area contributed by atoms with Gasteiger partial charge in [0.25, 0.3) is 5.91 Å². The summed E-state index contributed by atoms with van der Waals surface area (Å²) in [6, 6.07) is 4.79. The number of benzene rings is 1. The molecule has 2 atom stereocenters. The number of sulfonamides is 1. The van der Waals surface area contributed by atoms with Gasteiger partial charge in [-0.25, -0.2) is 13.1 Å². The summed E-state index contributed by atoms with van der Waals surface area (Å²) in [5.41, 5.74) is 1.30. The number of nitrogens with one attached hydrogen (secondary N) is 2. The van der Waals surface area contributed by atoms with Crippen LogP contribution < -0.4 is 10.0 Å². The molecule has 1 aromatic carbocycles. The number of carbonyl (C=O) groups excluding carboxylic acids is 1. The lowest BCUT2D eigenvalue weighted by Gasteiger charge is -2.22. The van der Waals surface area contributed by atoms with Gasteiger partial charge in [-0.1, -0.05) is 13.0 Å². The summed E-state index contributed by atoms with van der Waals surface area (Å²) in [6.07, 6.45) is 2.02. The fourth-order valence-corrected chi connectivity index (χ4v) is 4.93. The lowest BCUT2D eigenvalue weighted by molar-refractivity contribution is 0.0757. The molecule has 2 heterocycles. The molecule has 2 fully saturated rings. The zero-order chi connectivity index (χ0) is 18.0. The molecule has 1 amide bonds. The minimum atomic E-state index is -3.56. The van der Waals surface area contributed by atoms with E-state index in [0.717, 1.165) is 44.6 Å². The Labute approximate surface area is 162 Å². The predicted octanol–water partition coefficient (Wildman–Crippen LogP) is 1.79. The van der Waals surface area contributed by atoms with E-state index in [2.05, 4.69) is 10.0 Å². The Hall–Kier alpha value is -1.15. The Kier molecular flexibility index (Phi) is 7.07. The summed E-state index contributed by atoms with van der Waals surface area (Å²) in [7, 11) is -3.56. The van der Waals surface area contributed by atoms with E-state index >= 15 is 0 Å². The molecule has 2 saturated heterocycles. The molecule has 0 aromatic heterocycles. The predicted molar refractivity (Wildman–Crippen MR) is 104 cm³/mol. The zero-order valence-corrected chi connectivity index (χ0v) is 17.0. The van der Waals surface area contributed by atoms with Gasteiger partial charge < -0.3 is 10.2 Å². The first-order valence-corrected chi connectivity index (χ1v) is 10.5. The number of halogens is 1. The van der Waals surface area contributed by atoms with E-state index in [-0.39, 0.29) is 23.2 Å². The summed E-state index contributed by atoms with van der Waals surface area (Å²) in [5.74, 6) is 1.25. The van der Waals surface area contributed by atoms with Gasteiger partial charge in [0, 0.05) is 25.2 Å². The standard InChI is InChI=1S/C18H27N3O3S.ClH/c1-3-20-25(23,24)16-5-4-13(2)17(10-16)18(22)21-8-6-14-11-19-12-15(14)7-9-21;/h4-5,10,14-15,19-20H,3,6-9,11-12H2,1-2H3;1H/t14-,15+;. The molecule has 0 radical (unpaired) electrons. The molecule has 0 unspecified atom stereocenters. The summed E-state index contributed by atoms with van der Waals surface area (Å²) in [6.45, 7) is 7.48. The van der Waals surface area contributed by atoms with Crippen molar-refractivity contribution in [1.82, 2.24) is 14.9 Å². The van der Waals surface area contributed by atoms with Crippen molar-refractivity contribution in [2.24, 2.45) is 11.8 Å². The third kappa shape index (κ3) is 4.39. The number of amides is 1.